The van der Waals surface area contributed by atoms with Crippen LogP contribution in [0.15, 0.2) is 30.3 Å². The second kappa shape index (κ2) is 8.51. The van der Waals surface area contributed by atoms with Crippen LogP contribution in [0.4, 0.5) is 0 Å². The van der Waals surface area contributed by atoms with Gasteiger partial charge in [0.25, 0.3) is 0 Å². The molecule has 2 aliphatic rings. The van der Waals surface area contributed by atoms with E-state index in [0.717, 1.165) is 32.5 Å². The maximum absolute atomic E-state index is 12.3. The molecular weight excluding hydrogens is 300 g/mol. The Bertz CT molecular complexity index is 469. The van der Waals surface area contributed by atoms with Crippen LogP contribution in [-0.4, -0.2) is 43.1 Å². The quantitative estimate of drug-likeness (QED) is 0.816. The number of carbonyl (C=O) groups excluding carboxylic acids is 1. The summed E-state index contributed by atoms with van der Waals surface area (Å²) in [5.41, 5.74) is 1.18. The van der Waals surface area contributed by atoms with E-state index in [1.54, 1.807) is 0 Å². The minimum absolute atomic E-state index is 0. The summed E-state index contributed by atoms with van der Waals surface area (Å²) in [6, 6.07) is 10.6. The zero-order chi connectivity index (χ0) is 14.5. The fourth-order valence-electron chi connectivity index (χ4n) is 3.39. The van der Waals surface area contributed by atoms with Crippen LogP contribution >= 0.6 is 12.4 Å². The van der Waals surface area contributed by atoms with Crippen LogP contribution in [0.5, 0.6) is 0 Å². The van der Waals surface area contributed by atoms with E-state index < -0.39 is 0 Å². The van der Waals surface area contributed by atoms with Gasteiger partial charge in [0.1, 0.15) is 0 Å². The van der Waals surface area contributed by atoms with Crippen LogP contribution in [0.25, 0.3) is 0 Å². The first-order chi connectivity index (χ1) is 10.3. The fraction of sp³-hybridized carbons (Fsp3) is 0.588. The zero-order valence-corrected chi connectivity index (χ0v) is 13.7. The van der Waals surface area contributed by atoms with Crippen molar-refractivity contribution >= 4 is 18.3 Å². The molecule has 1 aromatic carbocycles. The van der Waals surface area contributed by atoms with Crippen molar-refractivity contribution in [3.05, 3.63) is 35.9 Å². The Morgan fingerprint density at radius 3 is 2.91 bits per heavy atom. The van der Waals surface area contributed by atoms with Crippen molar-refractivity contribution in [2.75, 3.05) is 26.2 Å². The lowest BCUT2D eigenvalue weighted by molar-refractivity contribution is -0.132. The molecule has 0 unspecified atom stereocenters. The Morgan fingerprint density at radius 1 is 1.27 bits per heavy atom. The summed E-state index contributed by atoms with van der Waals surface area (Å²) in [6.45, 7) is 4.28. The van der Waals surface area contributed by atoms with Crippen molar-refractivity contribution < 1.29 is 9.53 Å². The molecule has 2 atom stereocenters. The lowest BCUT2D eigenvalue weighted by atomic mass is 10.1. The van der Waals surface area contributed by atoms with Gasteiger partial charge >= 0.3 is 0 Å². The number of nitrogens with one attached hydrogen (secondary N) is 1. The van der Waals surface area contributed by atoms with Crippen LogP contribution in [0.1, 0.15) is 24.8 Å². The number of nitrogens with zero attached hydrogens (tertiary/aromatic N) is 1. The molecule has 0 radical (unpaired) electrons. The van der Waals surface area contributed by atoms with Gasteiger partial charge in [-0.2, -0.15) is 0 Å². The highest BCUT2D eigenvalue weighted by molar-refractivity contribution is 5.85. The fourth-order valence-corrected chi connectivity index (χ4v) is 3.39. The Kier molecular flexibility index (Phi) is 6.68. The van der Waals surface area contributed by atoms with Gasteiger partial charge in [-0.1, -0.05) is 30.3 Å². The first kappa shape index (κ1) is 17.3. The molecule has 5 heteroatoms. The van der Waals surface area contributed by atoms with E-state index in [-0.39, 0.29) is 12.4 Å². The molecule has 0 aliphatic carbocycles. The van der Waals surface area contributed by atoms with E-state index in [1.165, 1.54) is 5.56 Å². The van der Waals surface area contributed by atoms with Crippen molar-refractivity contribution in [1.82, 2.24) is 10.2 Å². The van der Waals surface area contributed by atoms with E-state index in [2.05, 4.69) is 22.3 Å². The van der Waals surface area contributed by atoms with Crippen molar-refractivity contribution in [1.29, 1.82) is 0 Å². The van der Waals surface area contributed by atoms with E-state index in [1.807, 2.05) is 18.2 Å². The SMILES string of the molecule is Cl.O=C(CCCOCc1ccccc1)N1CC[C@H]2CNC[C@H]21. The number of hydrogen-bond donors (Lipinski definition) is 1. The minimum Gasteiger partial charge on any atom is -0.377 e. The van der Waals surface area contributed by atoms with Gasteiger partial charge in [-0.05, 0) is 24.3 Å². The topological polar surface area (TPSA) is 41.6 Å². The van der Waals surface area contributed by atoms with Crippen molar-refractivity contribution in [2.45, 2.75) is 31.9 Å². The van der Waals surface area contributed by atoms with Gasteiger partial charge in [0.2, 0.25) is 5.91 Å². The van der Waals surface area contributed by atoms with Crippen LogP contribution in [0.3, 0.4) is 0 Å². The molecule has 122 valence electrons. The molecule has 4 nitrogen and oxygen atoms in total. The van der Waals surface area contributed by atoms with Crippen LogP contribution in [-0.2, 0) is 16.1 Å². The number of likely N-dealkylation sites (tertiary alicyclic amines) is 1. The first-order valence-electron chi connectivity index (χ1n) is 7.96. The molecule has 22 heavy (non-hydrogen) atoms. The molecule has 2 saturated heterocycles. The summed E-state index contributed by atoms with van der Waals surface area (Å²) in [5.74, 6) is 0.984. The number of halogens is 1. The Labute approximate surface area is 138 Å². The molecule has 3 rings (SSSR count). The summed E-state index contributed by atoms with van der Waals surface area (Å²) in [6.07, 6.45) is 2.58. The van der Waals surface area contributed by atoms with E-state index >= 15 is 0 Å². The van der Waals surface area contributed by atoms with E-state index in [9.17, 15) is 4.79 Å². The van der Waals surface area contributed by atoms with Crippen molar-refractivity contribution in [2.24, 2.45) is 5.92 Å². The van der Waals surface area contributed by atoms with Gasteiger partial charge in [-0.3, -0.25) is 4.79 Å². The standard InChI is InChI=1S/C17H24N2O2.ClH/c20-17(19-9-8-15-11-18-12-16(15)19)7-4-10-21-13-14-5-2-1-3-6-14;/h1-3,5-6,15-16,18H,4,7-13H2;1H/t15-,16+;/m0./s1. The van der Waals surface area contributed by atoms with E-state index in [4.69, 9.17) is 4.74 Å². The second-order valence-electron chi connectivity index (χ2n) is 6.00. The number of hydrogen-bond acceptors (Lipinski definition) is 3. The average Bonchev–Trinajstić information content (AvgIpc) is 3.10. The predicted molar refractivity (Wildman–Crippen MR) is 89.1 cm³/mol. The number of benzene rings is 1. The summed E-state index contributed by atoms with van der Waals surface area (Å²) in [7, 11) is 0. The summed E-state index contributed by atoms with van der Waals surface area (Å²) >= 11 is 0. The van der Waals surface area contributed by atoms with Gasteiger partial charge in [-0.15, -0.1) is 12.4 Å². The Hall–Kier alpha value is -1.10. The Morgan fingerprint density at radius 2 is 2.09 bits per heavy atom. The first-order valence-corrected chi connectivity index (χ1v) is 7.96. The van der Waals surface area contributed by atoms with Gasteiger partial charge in [0, 0.05) is 38.7 Å². The molecule has 0 aromatic heterocycles. The van der Waals surface area contributed by atoms with Gasteiger partial charge in [-0.25, -0.2) is 0 Å². The van der Waals surface area contributed by atoms with Crippen LogP contribution in [0, 0.1) is 5.92 Å². The summed E-state index contributed by atoms with van der Waals surface area (Å²) in [5, 5.41) is 3.39. The number of ether oxygens (including phenoxy) is 1. The van der Waals surface area contributed by atoms with Gasteiger partial charge in [0.15, 0.2) is 0 Å². The normalized spacial score (nSPS) is 23.2. The molecule has 1 amide bonds. The lowest BCUT2D eigenvalue weighted by Crippen LogP contribution is -2.39. The molecule has 2 fully saturated rings. The molecule has 0 spiro atoms. The van der Waals surface area contributed by atoms with Crippen molar-refractivity contribution in [3.8, 4) is 0 Å². The van der Waals surface area contributed by atoms with Crippen molar-refractivity contribution in [3.63, 3.8) is 0 Å². The molecule has 1 aromatic rings. The molecule has 0 saturated carbocycles. The lowest BCUT2D eigenvalue weighted by Gasteiger charge is -2.23. The average molecular weight is 325 g/mol. The number of carbonyl (C=O) groups is 1. The molecule has 1 N–H and O–H groups in total. The third-order valence-corrected chi connectivity index (χ3v) is 4.56. The maximum atomic E-state index is 12.3. The highest BCUT2D eigenvalue weighted by Crippen LogP contribution is 2.27. The molecule has 2 heterocycles. The predicted octanol–water partition coefficient (Wildman–Crippen LogP) is 2.23. The minimum atomic E-state index is 0. The molecule has 2 aliphatic heterocycles. The summed E-state index contributed by atoms with van der Waals surface area (Å²) < 4.78 is 5.64. The van der Waals surface area contributed by atoms with E-state index in [0.29, 0.717) is 37.5 Å². The Balaban J connectivity index is 0.00000176. The largest absolute Gasteiger partial charge is 0.377 e. The highest BCUT2D eigenvalue weighted by atomic mass is 35.5. The number of rotatable bonds is 6. The number of amides is 1. The smallest absolute Gasteiger partial charge is 0.222 e. The van der Waals surface area contributed by atoms with Crippen LogP contribution in [0.2, 0.25) is 0 Å². The summed E-state index contributed by atoms with van der Waals surface area (Å²) in [4.78, 5) is 14.3. The monoisotopic (exact) mass is 324 g/mol. The maximum Gasteiger partial charge on any atom is 0.222 e. The van der Waals surface area contributed by atoms with Crippen LogP contribution < -0.4 is 5.32 Å². The third-order valence-electron chi connectivity index (χ3n) is 4.56. The molecule has 0 bridgehead atoms. The molecular formula is C17H25ClN2O2. The number of fused-ring (bicyclic) bond motifs is 1. The highest BCUT2D eigenvalue weighted by Gasteiger charge is 2.39. The second-order valence-corrected chi connectivity index (χ2v) is 6.00. The third kappa shape index (κ3) is 4.22. The van der Waals surface area contributed by atoms with Gasteiger partial charge < -0.3 is 15.0 Å². The zero-order valence-electron chi connectivity index (χ0n) is 12.9. The van der Waals surface area contributed by atoms with Gasteiger partial charge in [0.05, 0.1) is 6.61 Å².